The molecule has 0 aliphatic heterocycles. The number of hydrogen-bond acceptors (Lipinski definition) is 2. The zero-order valence-electron chi connectivity index (χ0n) is 10.2. The Labute approximate surface area is 106 Å². The number of benzene rings is 1. The molecule has 0 bridgehead atoms. The molecule has 1 aromatic rings. The summed E-state index contributed by atoms with van der Waals surface area (Å²) in [6.45, 7) is 8.28. The van der Waals surface area contributed by atoms with Crippen LogP contribution < -0.4 is 0 Å². The smallest absolute Gasteiger partial charge is 0.0558 e. The van der Waals surface area contributed by atoms with E-state index in [0.29, 0.717) is 6.04 Å². The highest BCUT2D eigenvalue weighted by Gasteiger charge is 2.10. The molecule has 0 saturated carbocycles. The molecule has 0 atom stereocenters. The van der Waals surface area contributed by atoms with Gasteiger partial charge in [-0.05, 0) is 44.0 Å². The van der Waals surface area contributed by atoms with Crippen LogP contribution >= 0.6 is 15.9 Å². The molecule has 1 rings (SSSR count). The van der Waals surface area contributed by atoms with Crippen molar-refractivity contribution in [1.29, 1.82) is 0 Å². The minimum absolute atomic E-state index is 0.216. The summed E-state index contributed by atoms with van der Waals surface area (Å²) in [5.74, 6) is 0. The Morgan fingerprint density at radius 2 is 2.06 bits per heavy atom. The summed E-state index contributed by atoms with van der Waals surface area (Å²) in [6.07, 6.45) is 0. The lowest BCUT2D eigenvalue weighted by molar-refractivity contribution is 0.159. The van der Waals surface area contributed by atoms with Crippen molar-refractivity contribution in [1.82, 2.24) is 4.90 Å². The lowest BCUT2D eigenvalue weighted by atomic mass is 10.1. The Morgan fingerprint density at radius 1 is 1.38 bits per heavy atom. The van der Waals surface area contributed by atoms with Gasteiger partial charge < -0.3 is 5.11 Å². The summed E-state index contributed by atoms with van der Waals surface area (Å²) in [5.41, 5.74) is 2.61. The van der Waals surface area contributed by atoms with Crippen molar-refractivity contribution in [2.75, 3.05) is 13.2 Å². The molecule has 0 heterocycles. The Balaban J connectivity index is 2.77. The molecule has 3 heteroatoms. The molecule has 0 aromatic heterocycles. The number of halogens is 1. The van der Waals surface area contributed by atoms with Crippen LogP contribution in [0.15, 0.2) is 22.7 Å². The molecular weight excluding hydrogens is 266 g/mol. The third-order valence-corrected chi connectivity index (χ3v) is 3.29. The van der Waals surface area contributed by atoms with Crippen LogP contribution in [0.1, 0.15) is 25.0 Å². The fourth-order valence-electron chi connectivity index (χ4n) is 1.70. The molecule has 2 nitrogen and oxygen atoms in total. The van der Waals surface area contributed by atoms with Crippen molar-refractivity contribution in [3.05, 3.63) is 33.8 Å². The van der Waals surface area contributed by atoms with Crippen molar-refractivity contribution >= 4 is 15.9 Å². The molecule has 90 valence electrons. The molecule has 1 N–H and O–H groups in total. The normalized spacial score (nSPS) is 11.4. The van der Waals surface area contributed by atoms with E-state index in [1.54, 1.807) is 0 Å². The fraction of sp³-hybridized carbons (Fsp3) is 0.538. The lowest BCUT2D eigenvalue weighted by Gasteiger charge is -2.26. The lowest BCUT2D eigenvalue weighted by Crippen LogP contribution is -2.33. The van der Waals surface area contributed by atoms with E-state index in [4.69, 9.17) is 5.11 Å². The first-order valence-electron chi connectivity index (χ1n) is 5.64. The largest absolute Gasteiger partial charge is 0.395 e. The van der Waals surface area contributed by atoms with Gasteiger partial charge in [0.25, 0.3) is 0 Å². The maximum Gasteiger partial charge on any atom is 0.0558 e. The number of aliphatic hydroxyl groups excluding tert-OH is 1. The van der Waals surface area contributed by atoms with Crippen LogP contribution in [0.3, 0.4) is 0 Å². The third-order valence-electron chi connectivity index (χ3n) is 2.80. The number of rotatable bonds is 5. The first kappa shape index (κ1) is 13.7. The Hall–Kier alpha value is -0.380. The number of aryl methyl sites for hydroxylation is 1. The van der Waals surface area contributed by atoms with Gasteiger partial charge in [0.2, 0.25) is 0 Å². The zero-order valence-corrected chi connectivity index (χ0v) is 11.8. The van der Waals surface area contributed by atoms with Crippen LogP contribution in [0, 0.1) is 6.92 Å². The van der Waals surface area contributed by atoms with Crippen LogP contribution in [0.2, 0.25) is 0 Å². The van der Waals surface area contributed by atoms with Gasteiger partial charge in [-0.3, -0.25) is 4.90 Å². The minimum Gasteiger partial charge on any atom is -0.395 e. The first-order chi connectivity index (χ1) is 7.54. The van der Waals surface area contributed by atoms with Gasteiger partial charge in [0.05, 0.1) is 6.61 Å². The predicted molar refractivity (Wildman–Crippen MR) is 71.5 cm³/mol. The monoisotopic (exact) mass is 285 g/mol. The number of nitrogens with zero attached hydrogens (tertiary/aromatic N) is 1. The summed E-state index contributed by atoms with van der Waals surface area (Å²) >= 11 is 3.47. The van der Waals surface area contributed by atoms with Crippen LogP contribution in [0.4, 0.5) is 0 Å². The van der Waals surface area contributed by atoms with E-state index in [0.717, 1.165) is 17.6 Å². The van der Waals surface area contributed by atoms with E-state index < -0.39 is 0 Å². The van der Waals surface area contributed by atoms with Gasteiger partial charge in [0, 0.05) is 23.6 Å². The van der Waals surface area contributed by atoms with Gasteiger partial charge >= 0.3 is 0 Å². The van der Waals surface area contributed by atoms with E-state index in [9.17, 15) is 0 Å². The number of hydrogen-bond donors (Lipinski definition) is 1. The maximum absolute atomic E-state index is 9.03. The van der Waals surface area contributed by atoms with Gasteiger partial charge in [0.15, 0.2) is 0 Å². The van der Waals surface area contributed by atoms with Crippen LogP contribution in [-0.4, -0.2) is 29.2 Å². The van der Waals surface area contributed by atoms with Gasteiger partial charge in [-0.25, -0.2) is 0 Å². The van der Waals surface area contributed by atoms with E-state index in [2.05, 4.69) is 59.8 Å². The second-order valence-electron chi connectivity index (χ2n) is 4.36. The van der Waals surface area contributed by atoms with Crippen LogP contribution in [-0.2, 0) is 6.54 Å². The second-order valence-corrected chi connectivity index (χ2v) is 5.27. The summed E-state index contributed by atoms with van der Waals surface area (Å²) in [6, 6.07) is 6.80. The van der Waals surface area contributed by atoms with E-state index in [1.165, 1.54) is 11.1 Å². The standard InChI is InChI=1S/C13H20BrNO/c1-10(2)15(6-7-16)9-12-4-5-13(14)8-11(12)3/h4-5,8,10,16H,6-7,9H2,1-3H3. The Morgan fingerprint density at radius 3 is 2.56 bits per heavy atom. The van der Waals surface area contributed by atoms with Gasteiger partial charge in [-0.15, -0.1) is 0 Å². The average Bonchev–Trinajstić information content (AvgIpc) is 2.20. The van der Waals surface area contributed by atoms with E-state index in [1.807, 2.05) is 0 Å². The SMILES string of the molecule is Cc1cc(Br)ccc1CN(CCO)C(C)C. The van der Waals surface area contributed by atoms with E-state index in [-0.39, 0.29) is 6.61 Å². The average molecular weight is 286 g/mol. The highest BCUT2D eigenvalue weighted by Crippen LogP contribution is 2.18. The molecule has 0 spiro atoms. The topological polar surface area (TPSA) is 23.5 Å². The van der Waals surface area contributed by atoms with Crippen molar-refractivity contribution < 1.29 is 5.11 Å². The summed E-state index contributed by atoms with van der Waals surface area (Å²) in [7, 11) is 0. The van der Waals surface area contributed by atoms with Gasteiger partial charge in [-0.2, -0.15) is 0 Å². The highest BCUT2D eigenvalue weighted by molar-refractivity contribution is 9.10. The molecule has 0 amide bonds. The summed E-state index contributed by atoms with van der Waals surface area (Å²) in [5, 5.41) is 9.03. The summed E-state index contributed by atoms with van der Waals surface area (Å²) in [4.78, 5) is 2.27. The molecule has 0 unspecified atom stereocenters. The zero-order chi connectivity index (χ0) is 12.1. The van der Waals surface area contributed by atoms with Crippen molar-refractivity contribution in [2.45, 2.75) is 33.4 Å². The highest BCUT2D eigenvalue weighted by atomic mass is 79.9. The predicted octanol–water partition coefficient (Wildman–Crippen LogP) is 2.96. The molecule has 0 aliphatic carbocycles. The second kappa shape index (κ2) is 6.38. The van der Waals surface area contributed by atoms with E-state index >= 15 is 0 Å². The Bertz CT molecular complexity index is 339. The molecule has 1 aromatic carbocycles. The molecule has 16 heavy (non-hydrogen) atoms. The fourth-order valence-corrected chi connectivity index (χ4v) is 2.18. The molecule has 0 aliphatic rings. The minimum atomic E-state index is 0.216. The Kier molecular flexibility index (Phi) is 5.46. The van der Waals surface area contributed by atoms with Crippen molar-refractivity contribution in [3.8, 4) is 0 Å². The van der Waals surface area contributed by atoms with Crippen molar-refractivity contribution in [2.24, 2.45) is 0 Å². The van der Waals surface area contributed by atoms with Gasteiger partial charge in [-0.1, -0.05) is 22.0 Å². The molecular formula is C13H20BrNO. The third kappa shape index (κ3) is 3.89. The quantitative estimate of drug-likeness (QED) is 0.899. The van der Waals surface area contributed by atoms with Gasteiger partial charge in [0.1, 0.15) is 0 Å². The van der Waals surface area contributed by atoms with Crippen LogP contribution in [0.5, 0.6) is 0 Å². The van der Waals surface area contributed by atoms with Crippen molar-refractivity contribution in [3.63, 3.8) is 0 Å². The molecule has 0 saturated heterocycles. The summed E-state index contributed by atoms with van der Waals surface area (Å²) < 4.78 is 1.12. The molecule has 0 fully saturated rings. The molecule has 0 radical (unpaired) electrons. The van der Waals surface area contributed by atoms with Crippen LogP contribution in [0.25, 0.3) is 0 Å². The first-order valence-corrected chi connectivity index (χ1v) is 6.44. The number of aliphatic hydroxyl groups is 1. The maximum atomic E-state index is 9.03.